The van der Waals surface area contributed by atoms with Gasteiger partial charge in [0, 0.05) is 5.56 Å². The van der Waals surface area contributed by atoms with E-state index in [0.717, 1.165) is 11.3 Å². The van der Waals surface area contributed by atoms with E-state index in [-0.39, 0.29) is 0 Å². The second kappa shape index (κ2) is 9.28. The first kappa shape index (κ1) is 20.4. The molecule has 2 aliphatic rings. The Morgan fingerprint density at radius 2 is 1.79 bits per heavy atom. The second-order valence-electron chi connectivity index (χ2n) is 6.90. The third-order valence-corrected chi connectivity index (χ3v) is 6.01. The fourth-order valence-electron chi connectivity index (χ4n) is 3.54. The van der Waals surface area contributed by atoms with Crippen LogP contribution in [0.3, 0.4) is 0 Å². The van der Waals surface area contributed by atoms with E-state index in [4.69, 9.17) is 18.9 Å². The number of carbonyl (C=O) groups is 1. The lowest BCUT2D eigenvalue weighted by molar-refractivity contribution is -0.317. The third-order valence-electron chi connectivity index (χ3n) is 4.96. The highest BCUT2D eigenvalue weighted by atomic mass is 32.2. The normalized spacial score (nSPS) is 31.7. The van der Waals surface area contributed by atoms with Crippen LogP contribution in [0.2, 0.25) is 0 Å². The lowest BCUT2D eigenvalue weighted by Gasteiger charge is -2.47. The van der Waals surface area contributed by atoms with Gasteiger partial charge in [0.05, 0.1) is 12.2 Å². The molecule has 0 bridgehead atoms. The molecule has 2 aromatic rings. The highest BCUT2D eigenvalue weighted by molar-refractivity contribution is 7.99. The number of hydrogen-bond acceptors (Lipinski definition) is 7. The largest absolute Gasteiger partial charge is 0.452 e. The van der Waals surface area contributed by atoms with Crippen LogP contribution in [0.4, 0.5) is 0 Å². The molecule has 29 heavy (non-hydrogen) atoms. The van der Waals surface area contributed by atoms with Crippen LogP contribution >= 0.6 is 11.8 Å². The van der Waals surface area contributed by atoms with Gasteiger partial charge in [-0.15, -0.1) is 11.8 Å². The standard InChI is InChI=1S/C22H24O6S/c1-2-29-22-19(27-20(24)14-9-5-3-6-10-14)17(23)18-16(26-22)13-25-21(28-18)15-11-7-4-8-12-15/h3-12,16-19,21-23H,2,13H2,1H3/t16-,17+,18+,19-,21?,22+/m1/s1. The topological polar surface area (TPSA) is 74.2 Å². The van der Waals surface area contributed by atoms with Crippen molar-refractivity contribution in [1.82, 2.24) is 0 Å². The van der Waals surface area contributed by atoms with Gasteiger partial charge in [-0.05, 0) is 17.9 Å². The summed E-state index contributed by atoms with van der Waals surface area (Å²) in [5.41, 5.74) is 0.794. The molecule has 7 heteroatoms. The average Bonchev–Trinajstić information content (AvgIpc) is 2.77. The Kier molecular flexibility index (Phi) is 6.52. The quantitative estimate of drug-likeness (QED) is 0.751. The first-order valence-electron chi connectivity index (χ1n) is 9.70. The Bertz CT molecular complexity index is 801. The summed E-state index contributed by atoms with van der Waals surface area (Å²) >= 11 is 1.48. The highest BCUT2D eigenvalue weighted by Gasteiger charge is 2.51. The van der Waals surface area contributed by atoms with E-state index in [1.807, 2.05) is 43.3 Å². The van der Waals surface area contributed by atoms with E-state index in [0.29, 0.717) is 12.2 Å². The molecule has 0 amide bonds. The van der Waals surface area contributed by atoms with Crippen LogP contribution in [-0.4, -0.2) is 53.3 Å². The van der Waals surface area contributed by atoms with Crippen LogP contribution in [0.25, 0.3) is 0 Å². The molecule has 2 aromatic carbocycles. The van der Waals surface area contributed by atoms with Crippen molar-refractivity contribution < 1.29 is 28.8 Å². The molecule has 0 aromatic heterocycles. The van der Waals surface area contributed by atoms with Crippen LogP contribution in [0.15, 0.2) is 60.7 Å². The van der Waals surface area contributed by atoms with Crippen LogP contribution in [-0.2, 0) is 18.9 Å². The summed E-state index contributed by atoms with van der Waals surface area (Å²) in [6.45, 7) is 2.28. The molecular weight excluding hydrogens is 392 g/mol. The molecule has 2 aliphatic heterocycles. The summed E-state index contributed by atoms with van der Waals surface area (Å²) in [7, 11) is 0. The highest BCUT2D eigenvalue weighted by Crippen LogP contribution is 2.38. The van der Waals surface area contributed by atoms with Crippen molar-refractivity contribution in [1.29, 1.82) is 0 Å². The van der Waals surface area contributed by atoms with E-state index in [1.165, 1.54) is 11.8 Å². The zero-order chi connectivity index (χ0) is 20.2. The number of carbonyl (C=O) groups excluding carboxylic acids is 1. The number of aliphatic hydroxyl groups excluding tert-OH is 1. The maximum absolute atomic E-state index is 12.6. The van der Waals surface area contributed by atoms with Gasteiger partial charge in [-0.25, -0.2) is 4.79 Å². The van der Waals surface area contributed by atoms with E-state index < -0.39 is 42.1 Å². The van der Waals surface area contributed by atoms with E-state index in [1.54, 1.807) is 24.3 Å². The Balaban J connectivity index is 1.51. The summed E-state index contributed by atoms with van der Waals surface area (Å²) in [5, 5.41) is 11.1. The van der Waals surface area contributed by atoms with Crippen LogP contribution in [0.1, 0.15) is 29.1 Å². The van der Waals surface area contributed by atoms with E-state index in [2.05, 4.69) is 0 Å². The Hall–Kier alpha value is -1.90. The molecule has 2 heterocycles. The fraction of sp³-hybridized carbons (Fsp3) is 0.409. The number of aliphatic hydroxyl groups is 1. The van der Waals surface area contributed by atoms with Crippen molar-refractivity contribution in [3.8, 4) is 0 Å². The lowest BCUT2D eigenvalue weighted by Crippen LogP contribution is -2.62. The van der Waals surface area contributed by atoms with Crippen molar-refractivity contribution in [2.75, 3.05) is 12.4 Å². The Morgan fingerprint density at radius 3 is 2.48 bits per heavy atom. The minimum Gasteiger partial charge on any atom is -0.452 e. The number of esters is 1. The number of benzene rings is 2. The van der Waals surface area contributed by atoms with Crippen molar-refractivity contribution in [2.45, 2.75) is 43.1 Å². The SMILES string of the molecule is CCS[C@@H]1O[C@@H]2COC(c3ccccc3)O[C@@H]2[C@H](O)[C@H]1OC(=O)c1ccccc1. The monoisotopic (exact) mass is 416 g/mol. The van der Waals surface area contributed by atoms with E-state index >= 15 is 0 Å². The molecule has 1 N–H and O–H groups in total. The molecule has 0 radical (unpaired) electrons. The molecule has 0 saturated carbocycles. The molecular formula is C22H24O6S. The van der Waals surface area contributed by atoms with Gasteiger partial charge in [-0.1, -0.05) is 55.5 Å². The van der Waals surface area contributed by atoms with Crippen molar-refractivity contribution >= 4 is 17.7 Å². The van der Waals surface area contributed by atoms with Gasteiger partial charge in [0.15, 0.2) is 12.4 Å². The molecule has 0 spiro atoms. The molecule has 6 nitrogen and oxygen atoms in total. The minimum atomic E-state index is -1.03. The average molecular weight is 416 g/mol. The predicted octanol–water partition coefficient (Wildman–Crippen LogP) is 3.17. The lowest BCUT2D eigenvalue weighted by atomic mass is 9.98. The molecule has 4 rings (SSSR count). The van der Waals surface area contributed by atoms with E-state index in [9.17, 15) is 9.90 Å². The maximum Gasteiger partial charge on any atom is 0.338 e. The van der Waals surface area contributed by atoms with Gasteiger partial charge in [0.25, 0.3) is 0 Å². The maximum atomic E-state index is 12.6. The van der Waals surface area contributed by atoms with Crippen molar-refractivity contribution in [3.05, 3.63) is 71.8 Å². The summed E-state index contributed by atoms with van der Waals surface area (Å²) in [6.07, 6.45) is -3.56. The van der Waals surface area contributed by atoms with Gasteiger partial charge in [-0.3, -0.25) is 0 Å². The Labute approximate surface area is 174 Å². The Morgan fingerprint density at radius 1 is 1.10 bits per heavy atom. The fourth-order valence-corrected chi connectivity index (χ4v) is 4.49. The van der Waals surface area contributed by atoms with Gasteiger partial charge < -0.3 is 24.1 Å². The summed E-state index contributed by atoms with van der Waals surface area (Å²) in [5.74, 6) is 0.257. The number of thioether (sulfide) groups is 1. The van der Waals surface area contributed by atoms with Gasteiger partial charge >= 0.3 is 5.97 Å². The number of ether oxygens (including phenoxy) is 4. The first-order valence-corrected chi connectivity index (χ1v) is 10.8. The first-order chi connectivity index (χ1) is 14.2. The van der Waals surface area contributed by atoms with Crippen LogP contribution < -0.4 is 0 Å². The molecule has 2 saturated heterocycles. The van der Waals surface area contributed by atoms with Gasteiger partial charge in [0.2, 0.25) is 0 Å². The number of fused-ring (bicyclic) bond motifs is 1. The number of hydrogen-bond donors (Lipinski definition) is 1. The smallest absolute Gasteiger partial charge is 0.338 e. The molecule has 6 atom stereocenters. The summed E-state index contributed by atoms with van der Waals surface area (Å²) in [4.78, 5) is 12.6. The van der Waals surface area contributed by atoms with Crippen LogP contribution in [0, 0.1) is 0 Å². The molecule has 0 aliphatic carbocycles. The number of rotatable bonds is 5. The zero-order valence-corrected chi connectivity index (χ0v) is 16.9. The summed E-state index contributed by atoms with van der Waals surface area (Å²) in [6, 6.07) is 18.3. The van der Waals surface area contributed by atoms with Crippen LogP contribution in [0.5, 0.6) is 0 Å². The van der Waals surface area contributed by atoms with Gasteiger partial charge in [0.1, 0.15) is 23.7 Å². The predicted molar refractivity (Wildman–Crippen MR) is 108 cm³/mol. The second-order valence-corrected chi connectivity index (χ2v) is 8.28. The molecule has 2 fully saturated rings. The molecule has 154 valence electrons. The van der Waals surface area contributed by atoms with Crippen molar-refractivity contribution in [3.63, 3.8) is 0 Å². The minimum absolute atomic E-state index is 0.293. The zero-order valence-electron chi connectivity index (χ0n) is 16.0. The van der Waals surface area contributed by atoms with Gasteiger partial charge in [-0.2, -0.15) is 0 Å². The summed E-state index contributed by atoms with van der Waals surface area (Å²) < 4.78 is 23.7. The molecule has 1 unspecified atom stereocenters. The van der Waals surface area contributed by atoms with Crippen molar-refractivity contribution in [2.24, 2.45) is 0 Å². The third kappa shape index (κ3) is 4.49.